The maximum atomic E-state index is 15.6. The minimum atomic E-state index is -1.24. The van der Waals surface area contributed by atoms with Gasteiger partial charge in [0.2, 0.25) is 11.6 Å². The predicted octanol–water partition coefficient (Wildman–Crippen LogP) is 4.77. The number of carbonyl (C=O) groups excluding carboxylic acids is 1. The van der Waals surface area contributed by atoms with Crippen molar-refractivity contribution < 1.29 is 32.9 Å². The van der Waals surface area contributed by atoms with Crippen LogP contribution in [0.2, 0.25) is 0 Å². The number of aromatic nitrogens is 1. The molecule has 1 aliphatic heterocycles. The Balaban J connectivity index is 1.47. The zero-order chi connectivity index (χ0) is 30.7. The van der Waals surface area contributed by atoms with Crippen LogP contribution in [0.25, 0.3) is 0 Å². The number of amidine groups is 2. The highest BCUT2D eigenvalue weighted by Crippen LogP contribution is 2.39. The first-order chi connectivity index (χ1) is 20.7. The number of aromatic hydroxyl groups is 1. The molecule has 0 spiro atoms. The quantitative estimate of drug-likeness (QED) is 0.156. The highest BCUT2D eigenvalue weighted by Gasteiger charge is 2.32. The molecule has 0 radical (unpaired) electrons. The van der Waals surface area contributed by atoms with Gasteiger partial charge in [-0.1, -0.05) is 12.8 Å². The summed E-state index contributed by atoms with van der Waals surface area (Å²) in [5, 5.41) is 21.2. The molecule has 2 atom stereocenters. The second-order valence-electron chi connectivity index (χ2n) is 10.4. The van der Waals surface area contributed by atoms with Crippen LogP contribution < -0.4 is 20.5 Å². The van der Waals surface area contributed by atoms with Gasteiger partial charge in [0.05, 0.1) is 31.3 Å². The Bertz CT molecular complexity index is 1580. The largest absolute Gasteiger partial charge is 0.504 e. The van der Waals surface area contributed by atoms with E-state index in [0.29, 0.717) is 30.2 Å². The molecule has 2 unspecified atom stereocenters. The summed E-state index contributed by atoms with van der Waals surface area (Å²) in [6, 6.07) is 8.76. The standard InChI is InChI=1S/C30H32F2N6O5/c1-38-12-11-35-28(38)19-14-17(37-21-6-4-3-5-18(21)30(40)41-2)8-10-23(19)42-26-20(31)15-36-29(25(26)32)43-24-13-16(27(33)34)7-9-22(24)39/h7-10,13-15,18,21,37,39H,3-6,11-12H2,1-2H3,(H3,33,34). The predicted molar refractivity (Wildman–Crippen MR) is 155 cm³/mol. The number of phenols is 1. The minimum absolute atomic E-state index is 0.127. The van der Waals surface area contributed by atoms with Crippen molar-refractivity contribution in [2.45, 2.75) is 31.7 Å². The van der Waals surface area contributed by atoms with E-state index in [9.17, 15) is 14.3 Å². The topological polar surface area (TPSA) is 155 Å². The van der Waals surface area contributed by atoms with E-state index < -0.39 is 23.3 Å². The van der Waals surface area contributed by atoms with Crippen molar-refractivity contribution in [1.82, 2.24) is 9.88 Å². The van der Waals surface area contributed by atoms with Crippen molar-refractivity contribution in [2.24, 2.45) is 16.6 Å². The highest BCUT2D eigenvalue weighted by atomic mass is 19.1. The van der Waals surface area contributed by atoms with Gasteiger partial charge in [-0.15, -0.1) is 0 Å². The van der Waals surface area contributed by atoms with Crippen molar-refractivity contribution in [3.63, 3.8) is 0 Å². The van der Waals surface area contributed by atoms with Crippen molar-refractivity contribution >= 4 is 23.3 Å². The number of carbonyl (C=O) groups is 1. The van der Waals surface area contributed by atoms with Crippen LogP contribution in [0, 0.1) is 23.0 Å². The van der Waals surface area contributed by atoms with Gasteiger partial charge >= 0.3 is 5.97 Å². The number of methoxy groups -OCH3 is 1. The average Bonchev–Trinajstić information content (AvgIpc) is 3.43. The lowest BCUT2D eigenvalue weighted by molar-refractivity contribution is -0.146. The number of likely N-dealkylation sites (N-methyl/N-ethyl adjacent to an activating group) is 1. The van der Waals surface area contributed by atoms with Crippen molar-refractivity contribution in [1.29, 1.82) is 5.41 Å². The number of pyridine rings is 1. The molecule has 2 aromatic carbocycles. The van der Waals surface area contributed by atoms with E-state index in [1.54, 1.807) is 18.2 Å². The summed E-state index contributed by atoms with van der Waals surface area (Å²) in [6.45, 7) is 1.19. The van der Waals surface area contributed by atoms with Gasteiger partial charge < -0.3 is 35.3 Å². The number of nitrogens with zero attached hydrogens (tertiary/aromatic N) is 3. The van der Waals surface area contributed by atoms with Gasteiger partial charge in [-0.25, -0.2) is 9.37 Å². The van der Waals surface area contributed by atoms with E-state index in [2.05, 4.69) is 15.3 Å². The Morgan fingerprint density at radius 2 is 1.93 bits per heavy atom. The number of hydrogen-bond acceptors (Lipinski definition) is 10. The number of hydrogen-bond donors (Lipinski definition) is 4. The number of nitrogens with one attached hydrogen (secondary N) is 2. The van der Waals surface area contributed by atoms with Gasteiger partial charge in [0, 0.05) is 30.9 Å². The molecule has 1 fully saturated rings. The third-order valence-electron chi connectivity index (χ3n) is 7.49. The maximum Gasteiger partial charge on any atom is 0.310 e. The van der Waals surface area contributed by atoms with Crippen LogP contribution in [-0.4, -0.2) is 65.9 Å². The van der Waals surface area contributed by atoms with Crippen LogP contribution in [0.1, 0.15) is 36.8 Å². The van der Waals surface area contributed by atoms with Gasteiger partial charge in [0.1, 0.15) is 17.4 Å². The number of ether oxygens (including phenoxy) is 3. The van der Waals surface area contributed by atoms with E-state index in [-0.39, 0.29) is 46.6 Å². The normalized spacial score (nSPS) is 18.1. The number of nitrogen functional groups attached to an aromatic ring is 1. The van der Waals surface area contributed by atoms with Crippen LogP contribution in [0.5, 0.6) is 28.9 Å². The van der Waals surface area contributed by atoms with Crippen LogP contribution >= 0.6 is 0 Å². The molecule has 1 saturated carbocycles. The molecule has 3 aromatic rings. The molecule has 5 rings (SSSR count). The third-order valence-corrected chi connectivity index (χ3v) is 7.49. The fraction of sp³-hybridized carbons (Fsp3) is 0.333. The number of esters is 1. The Labute approximate surface area is 246 Å². The lowest BCUT2D eigenvalue weighted by atomic mass is 9.84. The molecule has 0 bridgehead atoms. The van der Waals surface area contributed by atoms with Crippen molar-refractivity contribution in [2.75, 3.05) is 32.6 Å². The van der Waals surface area contributed by atoms with E-state index in [0.717, 1.165) is 31.9 Å². The molecule has 2 heterocycles. The monoisotopic (exact) mass is 594 g/mol. The zero-order valence-electron chi connectivity index (χ0n) is 23.7. The van der Waals surface area contributed by atoms with E-state index in [4.69, 9.17) is 25.4 Å². The fourth-order valence-electron chi connectivity index (χ4n) is 5.23. The summed E-state index contributed by atoms with van der Waals surface area (Å²) in [5.74, 6) is -4.50. The lowest BCUT2D eigenvalue weighted by Crippen LogP contribution is -2.37. The van der Waals surface area contributed by atoms with Crippen LogP contribution in [0.4, 0.5) is 14.5 Å². The first-order valence-corrected chi connectivity index (χ1v) is 13.8. The molecular weight excluding hydrogens is 562 g/mol. The van der Waals surface area contributed by atoms with E-state index in [1.807, 2.05) is 11.9 Å². The lowest BCUT2D eigenvalue weighted by Gasteiger charge is -2.31. The minimum Gasteiger partial charge on any atom is -0.504 e. The molecule has 1 aromatic heterocycles. The average molecular weight is 595 g/mol. The molecule has 1 aliphatic carbocycles. The number of rotatable bonds is 9. The molecule has 2 aliphatic rings. The number of anilines is 1. The van der Waals surface area contributed by atoms with Crippen molar-refractivity contribution in [3.8, 4) is 28.9 Å². The number of nitrogens with two attached hydrogens (primary N) is 1. The van der Waals surface area contributed by atoms with E-state index in [1.165, 1.54) is 25.3 Å². The number of halogens is 2. The van der Waals surface area contributed by atoms with Gasteiger partial charge in [-0.3, -0.25) is 15.2 Å². The summed E-state index contributed by atoms with van der Waals surface area (Å²) in [5.41, 5.74) is 6.89. The summed E-state index contributed by atoms with van der Waals surface area (Å²) >= 11 is 0. The number of benzene rings is 2. The van der Waals surface area contributed by atoms with Gasteiger partial charge in [0.15, 0.2) is 17.3 Å². The molecule has 13 heteroatoms. The third kappa shape index (κ3) is 6.30. The second kappa shape index (κ2) is 12.5. The zero-order valence-corrected chi connectivity index (χ0v) is 23.7. The molecule has 0 amide bonds. The molecule has 43 heavy (non-hydrogen) atoms. The summed E-state index contributed by atoms with van der Waals surface area (Å²) in [4.78, 5) is 22.5. The Hall–Kier alpha value is -4.94. The molecular formula is C30H32F2N6O5. The fourth-order valence-corrected chi connectivity index (χ4v) is 5.23. The SMILES string of the molecule is COC(=O)C1CCCCC1Nc1ccc(Oc2c(F)cnc(Oc3cc(C(=N)N)ccc3O)c2F)c(C2=NCCN2C)c1. The van der Waals surface area contributed by atoms with Gasteiger partial charge in [-0.05, 0) is 49.2 Å². The molecule has 226 valence electrons. The Kier molecular flexibility index (Phi) is 8.60. The van der Waals surface area contributed by atoms with Gasteiger partial charge in [0.25, 0.3) is 5.88 Å². The summed E-state index contributed by atoms with van der Waals surface area (Å²) < 4.78 is 46.9. The van der Waals surface area contributed by atoms with Crippen LogP contribution in [0.15, 0.2) is 47.6 Å². The van der Waals surface area contributed by atoms with Crippen LogP contribution in [0.3, 0.4) is 0 Å². The highest BCUT2D eigenvalue weighted by molar-refractivity contribution is 6.03. The Morgan fingerprint density at radius 1 is 1.14 bits per heavy atom. The van der Waals surface area contributed by atoms with Crippen molar-refractivity contribution in [3.05, 3.63) is 65.4 Å². The first kappa shape index (κ1) is 29.5. The molecule has 11 nitrogen and oxygen atoms in total. The molecule has 5 N–H and O–H groups in total. The number of phenolic OH excluding ortho intramolecular Hbond substituents is 1. The summed E-state index contributed by atoms with van der Waals surface area (Å²) in [6.07, 6.45) is 4.15. The van der Waals surface area contributed by atoms with Gasteiger partial charge in [-0.2, -0.15) is 4.39 Å². The van der Waals surface area contributed by atoms with Crippen LogP contribution in [-0.2, 0) is 9.53 Å². The summed E-state index contributed by atoms with van der Waals surface area (Å²) in [7, 11) is 3.23. The smallest absolute Gasteiger partial charge is 0.310 e. The second-order valence-corrected chi connectivity index (χ2v) is 10.4. The number of aliphatic imine (C=N–C) groups is 1. The van der Waals surface area contributed by atoms with E-state index >= 15 is 4.39 Å². The first-order valence-electron chi connectivity index (χ1n) is 13.8. The maximum absolute atomic E-state index is 15.6. The molecule has 0 saturated heterocycles. The Morgan fingerprint density at radius 3 is 2.65 bits per heavy atom.